The van der Waals surface area contributed by atoms with Gasteiger partial charge in [-0.3, -0.25) is 5.01 Å². The first-order valence-corrected chi connectivity index (χ1v) is 10.5. The molecular weight excluding hydrogens is 393 g/mol. The summed E-state index contributed by atoms with van der Waals surface area (Å²) in [7, 11) is -2.60. The first kappa shape index (κ1) is 22.7. The zero-order valence-corrected chi connectivity index (χ0v) is 18.4. The normalized spacial score (nSPS) is 13.1. The van der Waals surface area contributed by atoms with Gasteiger partial charge in [-0.1, -0.05) is 32.9 Å². The molecule has 0 unspecified atom stereocenters. The maximum atomic E-state index is 13.8. The van der Waals surface area contributed by atoms with Crippen LogP contribution < -0.4 is 21.3 Å². The lowest BCUT2D eigenvalue weighted by atomic mass is 9.87. The van der Waals surface area contributed by atoms with E-state index in [1.165, 1.54) is 38.3 Å². The van der Waals surface area contributed by atoms with Gasteiger partial charge in [-0.05, 0) is 48.6 Å². The molecule has 2 aromatic carbocycles. The summed E-state index contributed by atoms with van der Waals surface area (Å²) in [6.45, 7) is 9.18. The average Bonchev–Trinajstić information content (AvgIpc) is 2.67. The minimum Gasteiger partial charge on any atom is -0.494 e. The maximum absolute atomic E-state index is 13.8. The third-order valence-electron chi connectivity index (χ3n) is 4.76. The number of halogens is 1. The zero-order valence-electron chi connectivity index (χ0n) is 17.6. The lowest BCUT2D eigenvalue weighted by Gasteiger charge is -2.24. The highest BCUT2D eigenvalue weighted by Gasteiger charge is 2.25. The molecule has 0 amide bonds. The third kappa shape index (κ3) is 4.54. The molecule has 0 bridgehead atoms. The Morgan fingerprint density at radius 2 is 1.69 bits per heavy atom. The van der Waals surface area contributed by atoms with Crippen LogP contribution in [0.25, 0.3) is 0 Å². The number of ether oxygens (including phenoxy) is 1. The minimum absolute atomic E-state index is 0.0676. The van der Waals surface area contributed by atoms with Crippen LogP contribution in [-0.4, -0.2) is 15.5 Å². The van der Waals surface area contributed by atoms with E-state index < -0.39 is 20.7 Å². The Hall–Kier alpha value is -2.58. The van der Waals surface area contributed by atoms with Gasteiger partial charge in [0.1, 0.15) is 11.6 Å². The number of hydrazine groups is 1. The molecular formula is C21H28FN3O3S. The lowest BCUT2D eigenvalue weighted by molar-refractivity contribution is 0.411. The number of hydrogen-bond acceptors (Lipinski definition) is 6. The number of sulfone groups is 1. The van der Waals surface area contributed by atoms with E-state index in [4.69, 9.17) is 16.3 Å². The molecule has 2 rings (SSSR count). The van der Waals surface area contributed by atoms with Gasteiger partial charge >= 0.3 is 0 Å². The molecule has 6 nitrogen and oxygen atoms in total. The Kier molecular flexibility index (Phi) is 6.30. The number of nitrogens with two attached hydrogens (primary N) is 2. The predicted molar refractivity (Wildman–Crippen MR) is 114 cm³/mol. The van der Waals surface area contributed by atoms with Gasteiger partial charge in [0.05, 0.1) is 23.4 Å². The van der Waals surface area contributed by atoms with E-state index in [-0.39, 0.29) is 21.8 Å². The number of benzene rings is 2. The number of allylic oxidation sites excluding steroid dienone is 1. The second-order valence-electron chi connectivity index (χ2n) is 7.87. The van der Waals surface area contributed by atoms with Crippen LogP contribution in [0.3, 0.4) is 0 Å². The van der Waals surface area contributed by atoms with Gasteiger partial charge in [0.15, 0.2) is 5.03 Å². The molecule has 0 atom stereocenters. The van der Waals surface area contributed by atoms with Crippen molar-refractivity contribution in [1.82, 2.24) is 0 Å². The first-order chi connectivity index (χ1) is 13.3. The molecule has 0 aliphatic heterocycles. The number of rotatable bonds is 5. The fourth-order valence-electron chi connectivity index (χ4n) is 2.75. The largest absolute Gasteiger partial charge is 0.494 e. The molecule has 0 saturated heterocycles. The molecule has 2 aromatic rings. The highest BCUT2D eigenvalue weighted by atomic mass is 32.2. The Labute approximate surface area is 171 Å². The molecule has 0 aliphatic rings. The van der Waals surface area contributed by atoms with Crippen molar-refractivity contribution in [1.29, 1.82) is 0 Å². The third-order valence-corrected chi connectivity index (χ3v) is 6.52. The van der Waals surface area contributed by atoms with Crippen LogP contribution in [0.15, 0.2) is 52.0 Å². The molecule has 8 heteroatoms. The van der Waals surface area contributed by atoms with Crippen LogP contribution in [0.1, 0.15) is 38.8 Å². The lowest BCUT2D eigenvalue weighted by Crippen LogP contribution is -2.33. The summed E-state index contributed by atoms with van der Waals surface area (Å²) in [5.41, 5.74) is 7.62. The average molecular weight is 422 g/mol. The van der Waals surface area contributed by atoms with E-state index in [2.05, 4.69) is 0 Å². The van der Waals surface area contributed by atoms with Crippen molar-refractivity contribution < 1.29 is 17.5 Å². The number of aryl methyl sites for hydroxylation is 1. The molecule has 158 valence electrons. The number of nitrogens with zero attached hydrogens (tertiary/aromatic N) is 1. The SMILES string of the molecule is COc1cc(F)c(C)cc1N(N)/C(C)=C(\N)S(=O)(=O)c1ccc(C(C)(C)C)cc1. The molecule has 0 fully saturated rings. The second kappa shape index (κ2) is 8.04. The van der Waals surface area contributed by atoms with Crippen molar-refractivity contribution in [3.8, 4) is 5.75 Å². The fourth-order valence-corrected chi connectivity index (χ4v) is 3.99. The smallest absolute Gasteiger partial charge is 0.223 e. The van der Waals surface area contributed by atoms with E-state index in [1.807, 2.05) is 20.8 Å². The van der Waals surface area contributed by atoms with Crippen LogP contribution in [-0.2, 0) is 15.3 Å². The topological polar surface area (TPSA) is 98.7 Å². The highest BCUT2D eigenvalue weighted by molar-refractivity contribution is 7.95. The molecule has 0 heterocycles. The van der Waals surface area contributed by atoms with E-state index in [0.717, 1.165) is 10.6 Å². The fraction of sp³-hybridized carbons (Fsp3) is 0.333. The molecule has 0 aromatic heterocycles. The molecule has 0 saturated carbocycles. The van der Waals surface area contributed by atoms with Crippen molar-refractivity contribution >= 4 is 15.5 Å². The Balaban J connectivity index is 2.50. The summed E-state index contributed by atoms with van der Waals surface area (Å²) in [6.07, 6.45) is 0. The summed E-state index contributed by atoms with van der Waals surface area (Å²) in [4.78, 5) is 0.0676. The van der Waals surface area contributed by atoms with E-state index in [9.17, 15) is 12.8 Å². The van der Waals surface area contributed by atoms with Crippen LogP contribution in [0.2, 0.25) is 0 Å². The quantitative estimate of drug-likeness (QED) is 0.564. The Morgan fingerprint density at radius 1 is 1.14 bits per heavy atom. The van der Waals surface area contributed by atoms with Gasteiger partial charge < -0.3 is 10.5 Å². The highest BCUT2D eigenvalue weighted by Crippen LogP contribution is 2.33. The molecule has 4 N–H and O–H groups in total. The van der Waals surface area contributed by atoms with Crippen molar-refractivity contribution in [3.63, 3.8) is 0 Å². The predicted octanol–water partition coefficient (Wildman–Crippen LogP) is 3.74. The van der Waals surface area contributed by atoms with E-state index in [1.54, 1.807) is 19.1 Å². The minimum atomic E-state index is -3.97. The number of hydrogen-bond donors (Lipinski definition) is 2. The van der Waals surface area contributed by atoms with Crippen molar-refractivity contribution in [2.45, 2.75) is 44.9 Å². The standard InChI is InChI=1S/C21H28FN3O3S/c1-13-11-18(19(28-6)12-17(13)22)25(24)14(2)20(23)29(26,27)16-9-7-15(8-10-16)21(3,4)5/h7-12H,23-24H2,1-6H3/b20-14+. The summed E-state index contributed by atoms with van der Waals surface area (Å²) in [5.74, 6) is 5.82. The maximum Gasteiger partial charge on any atom is 0.223 e. The summed E-state index contributed by atoms with van der Waals surface area (Å²) in [6, 6.07) is 9.24. The van der Waals surface area contributed by atoms with Crippen LogP contribution >= 0.6 is 0 Å². The number of anilines is 1. The summed E-state index contributed by atoms with van der Waals surface area (Å²) in [5, 5.41) is 0.689. The molecule has 0 spiro atoms. The van der Waals surface area contributed by atoms with Crippen molar-refractivity contribution in [2.75, 3.05) is 12.1 Å². The van der Waals surface area contributed by atoms with Gasteiger partial charge in [-0.25, -0.2) is 18.7 Å². The monoisotopic (exact) mass is 421 g/mol. The molecule has 0 radical (unpaired) electrons. The molecule has 0 aliphatic carbocycles. The van der Waals surface area contributed by atoms with Crippen molar-refractivity contribution in [2.24, 2.45) is 11.6 Å². The van der Waals surface area contributed by atoms with Gasteiger partial charge in [-0.2, -0.15) is 0 Å². The second-order valence-corrected chi connectivity index (χ2v) is 9.79. The van der Waals surface area contributed by atoms with Crippen LogP contribution in [0.5, 0.6) is 5.75 Å². The van der Waals surface area contributed by atoms with Crippen LogP contribution in [0, 0.1) is 12.7 Å². The van der Waals surface area contributed by atoms with Crippen molar-refractivity contribution in [3.05, 3.63) is 64.1 Å². The Morgan fingerprint density at radius 3 is 2.17 bits per heavy atom. The van der Waals surface area contributed by atoms with E-state index in [0.29, 0.717) is 11.3 Å². The van der Waals surface area contributed by atoms with Crippen LogP contribution in [0.4, 0.5) is 10.1 Å². The van der Waals surface area contributed by atoms with Gasteiger partial charge in [-0.15, -0.1) is 0 Å². The van der Waals surface area contributed by atoms with E-state index >= 15 is 0 Å². The zero-order chi connectivity index (χ0) is 22.1. The summed E-state index contributed by atoms with van der Waals surface area (Å²) < 4.78 is 45.0. The van der Waals surface area contributed by atoms with Gasteiger partial charge in [0.25, 0.3) is 0 Å². The summed E-state index contributed by atoms with van der Waals surface area (Å²) >= 11 is 0. The first-order valence-electron chi connectivity index (χ1n) is 9.01. The number of methoxy groups -OCH3 is 1. The van der Waals surface area contributed by atoms with Gasteiger partial charge in [0.2, 0.25) is 9.84 Å². The molecule has 29 heavy (non-hydrogen) atoms. The van der Waals surface area contributed by atoms with Gasteiger partial charge in [0, 0.05) is 6.07 Å². The Bertz CT molecular complexity index is 1040.